The van der Waals surface area contributed by atoms with Crippen molar-refractivity contribution in [2.75, 3.05) is 6.54 Å². The van der Waals surface area contributed by atoms with Gasteiger partial charge in [0.1, 0.15) is 16.8 Å². The number of aliphatic imine (C=N–C) groups is 1. The van der Waals surface area contributed by atoms with E-state index in [0.717, 1.165) is 29.8 Å². The van der Waals surface area contributed by atoms with Crippen LogP contribution in [0.15, 0.2) is 45.4 Å². The number of aliphatic carboxylic acids is 1. The Kier molecular flexibility index (Phi) is 7.26. The Morgan fingerprint density at radius 2 is 1.94 bits per heavy atom. The van der Waals surface area contributed by atoms with E-state index in [-0.39, 0.29) is 37.6 Å². The molecule has 1 aliphatic heterocycles. The lowest BCUT2D eigenvalue weighted by molar-refractivity contribution is -0.144. The number of hydrogen-bond donors (Lipinski definition) is 1. The highest BCUT2D eigenvalue weighted by Crippen LogP contribution is 2.35. The number of thioether (sulfide) groups is 1. The van der Waals surface area contributed by atoms with Gasteiger partial charge in [-0.05, 0) is 12.1 Å². The van der Waals surface area contributed by atoms with E-state index in [4.69, 9.17) is 16.7 Å². The number of carboxylic acids is 1. The van der Waals surface area contributed by atoms with Gasteiger partial charge in [0.25, 0.3) is 5.56 Å². The number of amides is 1. The monoisotopic (exact) mass is 534 g/mol. The summed E-state index contributed by atoms with van der Waals surface area (Å²) < 4.78 is 54.4. The molecule has 0 bridgehead atoms. The molecular formula is C20H15ClF4N4O5S. The van der Waals surface area contributed by atoms with Gasteiger partial charge in [-0.1, -0.05) is 29.4 Å². The Morgan fingerprint density at radius 1 is 1.29 bits per heavy atom. The van der Waals surface area contributed by atoms with Gasteiger partial charge < -0.3 is 5.11 Å². The molecule has 1 aromatic carbocycles. The lowest BCUT2D eigenvalue weighted by Gasteiger charge is -2.16. The van der Waals surface area contributed by atoms with Crippen molar-refractivity contribution in [3.05, 3.63) is 68.2 Å². The fourth-order valence-corrected chi connectivity index (χ4v) is 4.53. The number of benzene rings is 1. The zero-order valence-corrected chi connectivity index (χ0v) is 19.2. The van der Waals surface area contributed by atoms with Gasteiger partial charge in [-0.25, -0.2) is 18.7 Å². The molecule has 1 amide bonds. The number of rotatable bonds is 6. The smallest absolute Gasteiger partial charge is 0.431 e. The van der Waals surface area contributed by atoms with Crippen LogP contribution in [-0.4, -0.2) is 48.0 Å². The van der Waals surface area contributed by atoms with Crippen molar-refractivity contribution in [2.45, 2.75) is 17.8 Å². The highest BCUT2D eigenvalue weighted by molar-refractivity contribution is 8.15. The van der Waals surface area contributed by atoms with Gasteiger partial charge in [0, 0.05) is 19.7 Å². The van der Waals surface area contributed by atoms with Gasteiger partial charge in [-0.3, -0.25) is 23.9 Å². The number of carbonyl (C=O) groups excluding carboxylic acids is 1. The Morgan fingerprint density at radius 3 is 2.51 bits per heavy atom. The number of carboxylic acid groups (broad SMARTS) is 1. The summed E-state index contributed by atoms with van der Waals surface area (Å²) in [6, 6.07) is 1.71. The molecule has 186 valence electrons. The van der Waals surface area contributed by atoms with Gasteiger partial charge in [0.2, 0.25) is 5.91 Å². The number of aromatic nitrogens is 2. The quantitative estimate of drug-likeness (QED) is 0.450. The molecule has 2 heterocycles. The van der Waals surface area contributed by atoms with Crippen LogP contribution in [0.2, 0.25) is 5.02 Å². The summed E-state index contributed by atoms with van der Waals surface area (Å²) in [6.07, 6.45) is -4.15. The van der Waals surface area contributed by atoms with E-state index in [1.54, 1.807) is 0 Å². The van der Waals surface area contributed by atoms with Gasteiger partial charge >= 0.3 is 17.8 Å². The molecule has 1 aliphatic rings. The summed E-state index contributed by atoms with van der Waals surface area (Å²) in [7, 11) is 0.770. The second-order valence-electron chi connectivity index (χ2n) is 7.13. The second kappa shape index (κ2) is 9.70. The van der Waals surface area contributed by atoms with E-state index in [9.17, 15) is 36.7 Å². The summed E-state index contributed by atoms with van der Waals surface area (Å²) in [5, 5.41) is 7.71. The first-order valence-electron chi connectivity index (χ1n) is 9.55. The maximum absolute atomic E-state index is 14.7. The van der Waals surface area contributed by atoms with Gasteiger partial charge in [-0.15, -0.1) is 6.58 Å². The lowest BCUT2D eigenvalue weighted by atomic mass is 10.2. The minimum Gasteiger partial charge on any atom is -0.481 e. The Labute approximate surface area is 202 Å². The fourth-order valence-electron chi connectivity index (χ4n) is 3.19. The predicted octanol–water partition coefficient (Wildman–Crippen LogP) is 2.94. The van der Waals surface area contributed by atoms with Crippen molar-refractivity contribution in [1.82, 2.24) is 14.0 Å². The molecule has 3 rings (SSSR count). The van der Waals surface area contributed by atoms with E-state index in [1.165, 1.54) is 6.08 Å². The zero-order valence-electron chi connectivity index (χ0n) is 17.7. The maximum atomic E-state index is 14.7. The van der Waals surface area contributed by atoms with Crippen molar-refractivity contribution < 1.29 is 32.3 Å². The molecule has 1 saturated heterocycles. The van der Waals surface area contributed by atoms with Crippen molar-refractivity contribution in [3.63, 3.8) is 0 Å². The van der Waals surface area contributed by atoms with Crippen molar-refractivity contribution in [1.29, 1.82) is 0 Å². The van der Waals surface area contributed by atoms with Crippen molar-refractivity contribution >= 4 is 46.1 Å². The summed E-state index contributed by atoms with van der Waals surface area (Å²) in [5.74, 6) is -2.99. The second-order valence-corrected chi connectivity index (χ2v) is 8.71. The van der Waals surface area contributed by atoms with Crippen LogP contribution in [0.5, 0.6) is 0 Å². The summed E-state index contributed by atoms with van der Waals surface area (Å²) in [5.41, 5.74) is -5.38. The van der Waals surface area contributed by atoms with Crippen LogP contribution in [0.4, 0.5) is 23.2 Å². The third-order valence-corrected chi connectivity index (χ3v) is 6.25. The summed E-state index contributed by atoms with van der Waals surface area (Å²) in [4.78, 5) is 53.8. The summed E-state index contributed by atoms with van der Waals surface area (Å²) in [6.45, 7) is 3.48. The molecule has 9 nitrogen and oxygen atoms in total. The first kappa shape index (κ1) is 26.2. The first-order chi connectivity index (χ1) is 16.3. The Balaban J connectivity index is 2.17. The number of nitrogens with zero attached hydrogens (tertiary/aromatic N) is 4. The maximum Gasteiger partial charge on any atom is 0.431 e. The molecule has 1 fully saturated rings. The topological polar surface area (TPSA) is 114 Å². The number of hydrogen-bond acceptors (Lipinski definition) is 6. The van der Waals surface area contributed by atoms with Gasteiger partial charge in [0.15, 0.2) is 5.17 Å². The van der Waals surface area contributed by atoms with E-state index in [0.29, 0.717) is 6.07 Å². The van der Waals surface area contributed by atoms with Crippen LogP contribution in [0.25, 0.3) is 5.69 Å². The first-order valence-corrected chi connectivity index (χ1v) is 10.8. The molecule has 0 aliphatic carbocycles. The molecule has 2 aromatic rings. The highest BCUT2D eigenvalue weighted by Gasteiger charge is 2.39. The fraction of sp³-hybridized carbons (Fsp3) is 0.250. The van der Waals surface area contributed by atoms with Crippen LogP contribution in [-0.2, 0) is 22.8 Å². The van der Waals surface area contributed by atoms with Crippen molar-refractivity contribution in [3.8, 4) is 5.69 Å². The SMILES string of the molecule is C=CCN1C(=O)C(CC(=O)O)S/C1=N\c1cc(-n2c(=O)cc(C(F)(F)F)n(C)c2=O)c(F)cc1Cl. The zero-order chi connectivity index (χ0) is 26.2. The number of alkyl halides is 3. The molecule has 1 N–H and O–H groups in total. The van der Waals surface area contributed by atoms with E-state index < -0.39 is 58.2 Å². The van der Waals surface area contributed by atoms with E-state index in [2.05, 4.69) is 11.6 Å². The summed E-state index contributed by atoms with van der Waals surface area (Å²) >= 11 is 6.86. The molecule has 35 heavy (non-hydrogen) atoms. The molecule has 0 radical (unpaired) electrons. The molecule has 15 heteroatoms. The number of amidine groups is 1. The number of halogens is 5. The molecule has 1 unspecified atom stereocenters. The largest absolute Gasteiger partial charge is 0.481 e. The van der Waals surface area contributed by atoms with Crippen LogP contribution in [0.3, 0.4) is 0 Å². The van der Waals surface area contributed by atoms with Crippen LogP contribution >= 0.6 is 23.4 Å². The normalized spacial score (nSPS) is 17.3. The van der Waals surface area contributed by atoms with Crippen molar-refractivity contribution in [2.24, 2.45) is 12.0 Å². The van der Waals surface area contributed by atoms with Crippen LogP contribution in [0, 0.1) is 5.82 Å². The van der Waals surface area contributed by atoms with E-state index in [1.807, 2.05) is 0 Å². The standard InChI is InChI=1S/C20H15ClF4N4O5S/c1-3-4-28-17(33)13(7-16(31)32)35-18(28)26-11-6-12(10(22)5-9(11)21)29-15(30)8-14(20(23,24)25)27(2)19(29)34/h3,5-6,8,13H,1,4,7H2,2H3,(H,31,32)/b26-18-. The average molecular weight is 535 g/mol. The molecular weight excluding hydrogens is 520 g/mol. The molecule has 1 atom stereocenters. The van der Waals surface area contributed by atoms with Gasteiger partial charge in [0.05, 0.1) is 22.8 Å². The predicted molar refractivity (Wildman–Crippen MR) is 120 cm³/mol. The van der Waals surface area contributed by atoms with Crippen LogP contribution in [0.1, 0.15) is 12.1 Å². The lowest BCUT2D eigenvalue weighted by Crippen LogP contribution is -2.41. The van der Waals surface area contributed by atoms with E-state index >= 15 is 0 Å². The highest BCUT2D eigenvalue weighted by atomic mass is 35.5. The Bertz CT molecular complexity index is 1390. The Hall–Kier alpha value is -3.39. The average Bonchev–Trinajstić information content (AvgIpc) is 3.01. The molecule has 0 saturated carbocycles. The molecule has 0 spiro atoms. The number of carbonyl (C=O) groups is 2. The van der Waals surface area contributed by atoms with Gasteiger partial charge in [-0.2, -0.15) is 13.2 Å². The minimum absolute atomic E-state index is 0.00623. The van der Waals surface area contributed by atoms with Crippen LogP contribution < -0.4 is 11.2 Å². The minimum atomic E-state index is -5.00. The third kappa shape index (κ3) is 5.17. The third-order valence-electron chi connectivity index (χ3n) is 4.78. The molecule has 1 aromatic heterocycles.